The van der Waals surface area contributed by atoms with Crippen molar-refractivity contribution in [2.24, 2.45) is 16.6 Å². The fraction of sp³-hybridized carbons (Fsp3) is 0.364. The van der Waals surface area contributed by atoms with Gasteiger partial charge in [0.2, 0.25) is 0 Å². The molecule has 0 heterocycles. The number of halogens is 1. The van der Waals surface area contributed by atoms with Crippen molar-refractivity contribution in [3.8, 4) is 0 Å². The van der Waals surface area contributed by atoms with Crippen LogP contribution < -0.4 is 5.73 Å². The quantitative estimate of drug-likeness (QED) is 0.583. The van der Waals surface area contributed by atoms with E-state index >= 15 is 0 Å². The molecule has 0 bridgehead atoms. The predicted molar refractivity (Wildman–Crippen MR) is 57.1 cm³/mol. The van der Waals surface area contributed by atoms with Gasteiger partial charge < -0.3 is 5.73 Å². The van der Waals surface area contributed by atoms with E-state index in [1.165, 1.54) is 6.07 Å². The van der Waals surface area contributed by atoms with Crippen molar-refractivity contribution >= 4 is 11.5 Å². The number of aliphatic imine (C=N–C) groups is 1. The largest absolute Gasteiger partial charge is 0.387 e. The molecule has 0 aliphatic rings. The Bertz CT molecular complexity index is 332. The van der Waals surface area contributed by atoms with Gasteiger partial charge in [-0.2, -0.15) is 0 Å². The Labute approximate surface area is 83.7 Å². The summed E-state index contributed by atoms with van der Waals surface area (Å²) in [4.78, 5) is 4.02. The molecule has 3 heteroatoms. The molecular formula is C11H15FN2. The predicted octanol–water partition coefficient (Wildman–Crippen LogP) is 2.86. The molecule has 1 aromatic rings. The van der Waals surface area contributed by atoms with E-state index in [2.05, 4.69) is 4.99 Å². The zero-order chi connectivity index (χ0) is 10.6. The van der Waals surface area contributed by atoms with Gasteiger partial charge in [0.15, 0.2) is 0 Å². The molecule has 0 unspecified atom stereocenters. The van der Waals surface area contributed by atoms with Gasteiger partial charge in [-0.25, -0.2) is 9.38 Å². The van der Waals surface area contributed by atoms with Crippen LogP contribution in [0.2, 0.25) is 0 Å². The first-order chi connectivity index (χ1) is 6.59. The Balaban J connectivity index is 2.81. The monoisotopic (exact) mass is 194 g/mol. The highest BCUT2D eigenvalue weighted by atomic mass is 19.1. The van der Waals surface area contributed by atoms with E-state index in [1.807, 2.05) is 13.8 Å². The summed E-state index contributed by atoms with van der Waals surface area (Å²) in [6, 6.07) is 6.36. The van der Waals surface area contributed by atoms with Crippen molar-refractivity contribution in [2.75, 3.05) is 0 Å². The molecule has 0 saturated carbocycles. The third kappa shape index (κ3) is 3.17. The zero-order valence-corrected chi connectivity index (χ0v) is 8.50. The molecule has 0 radical (unpaired) electrons. The van der Waals surface area contributed by atoms with Gasteiger partial charge in [0.1, 0.15) is 11.5 Å². The average molecular weight is 194 g/mol. The molecule has 14 heavy (non-hydrogen) atoms. The van der Waals surface area contributed by atoms with Gasteiger partial charge in [0.25, 0.3) is 0 Å². The molecule has 0 saturated heterocycles. The normalized spacial score (nSPS) is 12.1. The second kappa shape index (κ2) is 4.74. The molecule has 0 aliphatic carbocycles. The lowest BCUT2D eigenvalue weighted by atomic mass is 10.1. The lowest BCUT2D eigenvalue weighted by Gasteiger charge is -2.04. The Hall–Kier alpha value is -1.38. The van der Waals surface area contributed by atoms with E-state index in [0.29, 0.717) is 23.9 Å². The number of benzene rings is 1. The summed E-state index contributed by atoms with van der Waals surface area (Å²) < 4.78 is 13.1. The standard InChI is InChI=1S/C11H15FN2/c1-8(2)7-11(13)14-10-6-4-3-5-9(10)12/h3-6,8H,7H2,1-2H3,(H2,13,14). The molecule has 0 fully saturated rings. The molecule has 0 amide bonds. The lowest BCUT2D eigenvalue weighted by Crippen LogP contribution is -2.13. The van der Waals surface area contributed by atoms with E-state index in [1.54, 1.807) is 18.2 Å². The fourth-order valence-electron chi connectivity index (χ4n) is 1.16. The summed E-state index contributed by atoms with van der Waals surface area (Å²) in [5.74, 6) is 0.579. The summed E-state index contributed by atoms with van der Waals surface area (Å²) in [5.41, 5.74) is 5.97. The Morgan fingerprint density at radius 2 is 2.07 bits per heavy atom. The van der Waals surface area contributed by atoms with Crippen LogP contribution in [0.4, 0.5) is 10.1 Å². The molecule has 76 valence electrons. The van der Waals surface area contributed by atoms with Gasteiger partial charge in [0, 0.05) is 6.42 Å². The van der Waals surface area contributed by atoms with Crippen LogP contribution in [0.3, 0.4) is 0 Å². The Morgan fingerprint density at radius 1 is 1.43 bits per heavy atom. The fourth-order valence-corrected chi connectivity index (χ4v) is 1.16. The maximum atomic E-state index is 13.1. The Kier molecular flexibility index (Phi) is 3.63. The van der Waals surface area contributed by atoms with Crippen LogP contribution in [0.5, 0.6) is 0 Å². The van der Waals surface area contributed by atoms with Crippen LogP contribution in [0.1, 0.15) is 20.3 Å². The smallest absolute Gasteiger partial charge is 0.148 e. The van der Waals surface area contributed by atoms with Gasteiger partial charge in [-0.1, -0.05) is 26.0 Å². The second-order valence-electron chi connectivity index (χ2n) is 3.65. The number of hydrogen-bond acceptors (Lipinski definition) is 1. The van der Waals surface area contributed by atoms with Crippen LogP contribution in [-0.2, 0) is 0 Å². The van der Waals surface area contributed by atoms with E-state index in [4.69, 9.17) is 5.73 Å². The number of hydrogen-bond donors (Lipinski definition) is 1. The first kappa shape index (κ1) is 10.7. The van der Waals surface area contributed by atoms with Crippen molar-refractivity contribution in [2.45, 2.75) is 20.3 Å². The minimum atomic E-state index is -0.334. The highest BCUT2D eigenvalue weighted by molar-refractivity contribution is 5.83. The van der Waals surface area contributed by atoms with Gasteiger partial charge in [-0.05, 0) is 18.1 Å². The van der Waals surface area contributed by atoms with E-state index < -0.39 is 0 Å². The molecule has 2 nitrogen and oxygen atoms in total. The van der Waals surface area contributed by atoms with Crippen molar-refractivity contribution in [1.82, 2.24) is 0 Å². The summed E-state index contributed by atoms with van der Waals surface area (Å²) in [6.07, 6.45) is 0.689. The highest BCUT2D eigenvalue weighted by Gasteiger charge is 2.01. The van der Waals surface area contributed by atoms with Crippen LogP contribution in [-0.4, -0.2) is 5.84 Å². The SMILES string of the molecule is CC(C)CC(N)=Nc1ccccc1F. The van der Waals surface area contributed by atoms with Crippen LogP contribution in [0.15, 0.2) is 29.3 Å². The molecule has 0 aromatic heterocycles. The van der Waals surface area contributed by atoms with E-state index in [9.17, 15) is 4.39 Å². The molecule has 0 spiro atoms. The number of amidine groups is 1. The molecule has 0 aliphatic heterocycles. The lowest BCUT2D eigenvalue weighted by molar-refractivity contribution is 0.629. The topological polar surface area (TPSA) is 38.4 Å². The minimum Gasteiger partial charge on any atom is -0.387 e. The molecule has 1 rings (SSSR count). The van der Waals surface area contributed by atoms with Crippen molar-refractivity contribution in [3.63, 3.8) is 0 Å². The third-order valence-corrected chi connectivity index (χ3v) is 1.73. The van der Waals surface area contributed by atoms with Crippen LogP contribution in [0, 0.1) is 11.7 Å². The van der Waals surface area contributed by atoms with Gasteiger partial charge in [-0.3, -0.25) is 0 Å². The summed E-state index contributed by atoms with van der Waals surface area (Å²) in [6.45, 7) is 4.09. The number of para-hydroxylation sites is 1. The first-order valence-electron chi connectivity index (χ1n) is 4.67. The minimum absolute atomic E-state index is 0.311. The molecule has 2 N–H and O–H groups in total. The van der Waals surface area contributed by atoms with Gasteiger partial charge >= 0.3 is 0 Å². The number of nitrogens with zero attached hydrogens (tertiary/aromatic N) is 1. The second-order valence-corrected chi connectivity index (χ2v) is 3.65. The maximum absolute atomic E-state index is 13.1. The summed E-state index contributed by atoms with van der Waals surface area (Å²) in [7, 11) is 0. The van der Waals surface area contributed by atoms with Gasteiger partial charge in [0.05, 0.1) is 5.84 Å². The molecule has 0 atom stereocenters. The first-order valence-corrected chi connectivity index (χ1v) is 4.67. The van der Waals surface area contributed by atoms with Crippen LogP contribution >= 0.6 is 0 Å². The zero-order valence-electron chi connectivity index (χ0n) is 8.50. The van der Waals surface area contributed by atoms with Crippen molar-refractivity contribution in [3.05, 3.63) is 30.1 Å². The van der Waals surface area contributed by atoms with E-state index in [-0.39, 0.29) is 5.82 Å². The Morgan fingerprint density at radius 3 is 2.64 bits per heavy atom. The van der Waals surface area contributed by atoms with E-state index in [0.717, 1.165) is 0 Å². The van der Waals surface area contributed by atoms with Crippen molar-refractivity contribution < 1.29 is 4.39 Å². The summed E-state index contributed by atoms with van der Waals surface area (Å²) in [5, 5.41) is 0. The number of nitrogens with two attached hydrogens (primary N) is 1. The summed E-state index contributed by atoms with van der Waals surface area (Å²) >= 11 is 0. The maximum Gasteiger partial charge on any atom is 0.148 e. The molecular weight excluding hydrogens is 179 g/mol. The number of rotatable bonds is 3. The van der Waals surface area contributed by atoms with Gasteiger partial charge in [-0.15, -0.1) is 0 Å². The average Bonchev–Trinajstić information content (AvgIpc) is 2.07. The van der Waals surface area contributed by atoms with Crippen molar-refractivity contribution in [1.29, 1.82) is 0 Å². The third-order valence-electron chi connectivity index (χ3n) is 1.73. The van der Waals surface area contributed by atoms with Crippen LogP contribution in [0.25, 0.3) is 0 Å². The highest BCUT2D eigenvalue weighted by Crippen LogP contribution is 2.16. The molecule has 1 aromatic carbocycles.